The maximum absolute atomic E-state index is 12.6. The highest BCUT2D eigenvalue weighted by Gasteiger charge is 2.40. The van der Waals surface area contributed by atoms with Crippen LogP contribution in [-0.4, -0.2) is 52.6 Å². The number of hydrogen-bond acceptors (Lipinski definition) is 5. The van der Waals surface area contributed by atoms with E-state index in [4.69, 9.17) is 4.74 Å². The van der Waals surface area contributed by atoms with Crippen LogP contribution in [0.2, 0.25) is 0 Å². The number of aryl methyl sites for hydroxylation is 1. The fourth-order valence-corrected chi connectivity index (χ4v) is 2.54. The Balaban J connectivity index is 2.36. The Labute approximate surface area is 126 Å². The summed E-state index contributed by atoms with van der Waals surface area (Å²) < 4.78 is 5.13. The Morgan fingerprint density at radius 1 is 1.45 bits per heavy atom. The van der Waals surface area contributed by atoms with Crippen LogP contribution in [-0.2, 0) is 9.53 Å². The highest BCUT2D eigenvalue weighted by Crippen LogP contribution is 2.25. The van der Waals surface area contributed by atoms with Crippen molar-refractivity contribution >= 4 is 17.6 Å². The van der Waals surface area contributed by atoms with E-state index in [1.54, 1.807) is 6.92 Å². The van der Waals surface area contributed by atoms with E-state index in [9.17, 15) is 24.8 Å². The van der Waals surface area contributed by atoms with Crippen LogP contribution in [0.4, 0.5) is 5.69 Å². The van der Waals surface area contributed by atoms with Crippen LogP contribution in [0.1, 0.15) is 22.3 Å². The summed E-state index contributed by atoms with van der Waals surface area (Å²) in [5.41, 5.74) is 0.487. The number of nitro benzene ring substituents is 1. The Kier molecular flexibility index (Phi) is 4.41. The smallest absolute Gasteiger partial charge is 0.326 e. The quantitative estimate of drug-likeness (QED) is 0.661. The molecular weight excluding hydrogens is 292 g/mol. The van der Waals surface area contributed by atoms with Gasteiger partial charge in [-0.1, -0.05) is 6.07 Å². The summed E-state index contributed by atoms with van der Waals surface area (Å²) in [6.07, 6.45) is -0.157. The van der Waals surface area contributed by atoms with E-state index in [-0.39, 0.29) is 30.3 Å². The molecule has 0 aliphatic carbocycles. The zero-order valence-corrected chi connectivity index (χ0v) is 12.2. The molecule has 1 N–H and O–H groups in total. The molecule has 1 aromatic carbocycles. The number of likely N-dealkylation sites (tertiary alicyclic amines) is 1. The molecule has 0 spiro atoms. The molecule has 0 saturated carbocycles. The second-order valence-electron chi connectivity index (χ2n) is 5.16. The number of carbonyl (C=O) groups excluding carboxylic acids is 1. The SMILES string of the molecule is COC1CC(C(=O)O)N(C(=O)c2cc([N+](=O)[O-])ccc2C)C1. The van der Waals surface area contributed by atoms with Gasteiger partial charge in [-0.2, -0.15) is 0 Å². The predicted molar refractivity (Wildman–Crippen MR) is 75.7 cm³/mol. The topological polar surface area (TPSA) is 110 Å². The van der Waals surface area contributed by atoms with E-state index in [1.807, 2.05) is 0 Å². The average molecular weight is 308 g/mol. The van der Waals surface area contributed by atoms with Gasteiger partial charge in [0, 0.05) is 37.8 Å². The standard InChI is InChI=1S/C14H16N2O6/c1-8-3-4-9(16(20)21)5-11(8)13(17)15-7-10(22-2)6-12(15)14(18)19/h3-5,10,12H,6-7H2,1-2H3,(H,18,19). The second-order valence-corrected chi connectivity index (χ2v) is 5.16. The molecule has 22 heavy (non-hydrogen) atoms. The number of nitro groups is 1. The van der Waals surface area contributed by atoms with Crippen LogP contribution in [0.15, 0.2) is 18.2 Å². The fourth-order valence-electron chi connectivity index (χ4n) is 2.54. The number of non-ortho nitro benzene ring substituents is 1. The molecule has 0 bridgehead atoms. The van der Waals surface area contributed by atoms with Gasteiger partial charge in [-0.25, -0.2) is 4.79 Å². The Morgan fingerprint density at radius 2 is 2.14 bits per heavy atom. The zero-order valence-electron chi connectivity index (χ0n) is 12.2. The number of aliphatic carboxylic acids is 1. The van der Waals surface area contributed by atoms with Gasteiger partial charge in [0.05, 0.1) is 11.0 Å². The van der Waals surface area contributed by atoms with E-state index in [0.717, 1.165) is 0 Å². The number of nitrogens with zero attached hydrogens (tertiary/aromatic N) is 2. The summed E-state index contributed by atoms with van der Waals surface area (Å²) in [6.45, 7) is 1.80. The molecule has 1 aliphatic rings. The first-order chi connectivity index (χ1) is 10.3. The van der Waals surface area contributed by atoms with Crippen molar-refractivity contribution in [2.45, 2.75) is 25.5 Å². The molecule has 1 heterocycles. The zero-order chi connectivity index (χ0) is 16.4. The van der Waals surface area contributed by atoms with Crippen molar-refractivity contribution in [3.63, 3.8) is 0 Å². The fraction of sp³-hybridized carbons (Fsp3) is 0.429. The number of methoxy groups -OCH3 is 1. The maximum Gasteiger partial charge on any atom is 0.326 e. The molecule has 1 aromatic rings. The van der Waals surface area contributed by atoms with Crippen molar-refractivity contribution < 1.29 is 24.4 Å². The van der Waals surface area contributed by atoms with E-state index in [1.165, 1.54) is 30.2 Å². The van der Waals surface area contributed by atoms with Crippen LogP contribution in [0.5, 0.6) is 0 Å². The molecule has 0 aromatic heterocycles. The Bertz CT molecular complexity index is 630. The molecule has 1 aliphatic heterocycles. The minimum atomic E-state index is -1.11. The third-order valence-electron chi connectivity index (χ3n) is 3.80. The van der Waals surface area contributed by atoms with Gasteiger partial charge in [0.15, 0.2) is 0 Å². The van der Waals surface area contributed by atoms with Gasteiger partial charge in [0.2, 0.25) is 0 Å². The van der Waals surface area contributed by atoms with Crippen LogP contribution in [0.25, 0.3) is 0 Å². The van der Waals surface area contributed by atoms with Crippen molar-refractivity contribution in [2.24, 2.45) is 0 Å². The molecule has 1 fully saturated rings. The molecule has 2 atom stereocenters. The molecule has 2 rings (SSSR count). The van der Waals surface area contributed by atoms with E-state index < -0.39 is 22.8 Å². The molecule has 8 heteroatoms. The van der Waals surface area contributed by atoms with Gasteiger partial charge >= 0.3 is 5.97 Å². The van der Waals surface area contributed by atoms with Crippen LogP contribution < -0.4 is 0 Å². The number of benzene rings is 1. The van der Waals surface area contributed by atoms with Crippen molar-refractivity contribution in [1.29, 1.82) is 0 Å². The molecule has 2 unspecified atom stereocenters. The molecule has 1 amide bonds. The van der Waals surface area contributed by atoms with Crippen LogP contribution in [0, 0.1) is 17.0 Å². The van der Waals surface area contributed by atoms with Crippen LogP contribution in [0.3, 0.4) is 0 Å². The van der Waals surface area contributed by atoms with Crippen molar-refractivity contribution in [3.8, 4) is 0 Å². The molecule has 8 nitrogen and oxygen atoms in total. The van der Waals surface area contributed by atoms with E-state index in [0.29, 0.717) is 5.56 Å². The van der Waals surface area contributed by atoms with E-state index in [2.05, 4.69) is 0 Å². The summed E-state index contributed by atoms with van der Waals surface area (Å²) >= 11 is 0. The minimum Gasteiger partial charge on any atom is -0.480 e. The third-order valence-corrected chi connectivity index (χ3v) is 3.80. The van der Waals surface area contributed by atoms with Gasteiger partial charge in [-0.15, -0.1) is 0 Å². The monoisotopic (exact) mass is 308 g/mol. The lowest BCUT2D eigenvalue weighted by atomic mass is 10.1. The summed E-state index contributed by atoms with van der Waals surface area (Å²) in [4.78, 5) is 35.4. The molecule has 0 radical (unpaired) electrons. The van der Waals surface area contributed by atoms with Crippen molar-refractivity contribution in [2.75, 3.05) is 13.7 Å². The summed E-state index contributed by atoms with van der Waals surface area (Å²) in [5.74, 6) is -1.65. The Morgan fingerprint density at radius 3 is 2.68 bits per heavy atom. The van der Waals surface area contributed by atoms with Crippen molar-refractivity contribution in [3.05, 3.63) is 39.4 Å². The summed E-state index contributed by atoms with van der Waals surface area (Å²) in [6, 6.07) is 2.97. The maximum atomic E-state index is 12.6. The van der Waals surface area contributed by atoms with E-state index >= 15 is 0 Å². The number of carbonyl (C=O) groups is 2. The number of hydrogen-bond donors (Lipinski definition) is 1. The summed E-state index contributed by atoms with van der Waals surface area (Å²) in [7, 11) is 1.45. The molecule has 118 valence electrons. The number of rotatable bonds is 4. The lowest BCUT2D eigenvalue weighted by Gasteiger charge is -2.22. The number of carboxylic acid groups (broad SMARTS) is 1. The first kappa shape index (κ1) is 15.9. The second kappa shape index (κ2) is 6.10. The first-order valence-corrected chi connectivity index (χ1v) is 6.66. The lowest BCUT2D eigenvalue weighted by Crippen LogP contribution is -2.40. The largest absolute Gasteiger partial charge is 0.480 e. The highest BCUT2D eigenvalue weighted by molar-refractivity contribution is 5.98. The number of carboxylic acids is 1. The van der Waals surface area contributed by atoms with Gasteiger partial charge in [0.25, 0.3) is 11.6 Å². The lowest BCUT2D eigenvalue weighted by molar-refractivity contribution is -0.384. The molecule has 1 saturated heterocycles. The molecular formula is C14H16N2O6. The first-order valence-electron chi connectivity index (χ1n) is 6.66. The average Bonchev–Trinajstić information content (AvgIpc) is 2.91. The predicted octanol–water partition coefficient (Wildman–Crippen LogP) is 1.22. The highest BCUT2D eigenvalue weighted by atomic mass is 16.6. The third kappa shape index (κ3) is 2.91. The summed E-state index contributed by atoms with van der Waals surface area (Å²) in [5, 5.41) is 20.1. The minimum absolute atomic E-state index is 0.136. The number of amides is 1. The Hall–Kier alpha value is -2.48. The van der Waals surface area contributed by atoms with Gasteiger partial charge in [-0.3, -0.25) is 14.9 Å². The van der Waals surface area contributed by atoms with Crippen molar-refractivity contribution in [1.82, 2.24) is 4.90 Å². The normalized spacial score (nSPS) is 20.9. The van der Waals surface area contributed by atoms with Crippen LogP contribution >= 0.6 is 0 Å². The van der Waals surface area contributed by atoms with Gasteiger partial charge in [0.1, 0.15) is 6.04 Å². The number of ether oxygens (including phenoxy) is 1. The van der Waals surface area contributed by atoms with Gasteiger partial charge < -0.3 is 14.7 Å². The van der Waals surface area contributed by atoms with Gasteiger partial charge in [-0.05, 0) is 12.5 Å².